The van der Waals surface area contributed by atoms with Crippen LogP contribution in [0.4, 0.5) is 0 Å². The normalized spacial score (nSPS) is 13.7. The molecule has 0 aromatic carbocycles. The third-order valence-electron chi connectivity index (χ3n) is 1.61. The topological polar surface area (TPSA) is 12.4 Å². The monoisotopic (exact) mass is 365 g/mol. The Morgan fingerprint density at radius 1 is 1.21 bits per heavy atom. The van der Waals surface area contributed by atoms with Crippen molar-refractivity contribution in [3.63, 3.8) is 0 Å². The molecule has 14 heavy (non-hydrogen) atoms. The number of hydrogen-bond acceptors (Lipinski definition) is 1. The minimum atomic E-state index is 0. The zero-order valence-corrected chi connectivity index (χ0v) is 12.7. The van der Waals surface area contributed by atoms with E-state index in [2.05, 4.69) is 22.7 Å². The smallest absolute Gasteiger partial charge is 0.358 e. The maximum Gasteiger partial charge on any atom is -0.358 e. The Labute approximate surface area is 101 Å². The van der Waals surface area contributed by atoms with Crippen molar-refractivity contribution in [3.8, 4) is 0 Å². The maximum absolute atomic E-state index is 3.86. The summed E-state index contributed by atoms with van der Waals surface area (Å²) in [6, 6.07) is 0. The molecule has 0 saturated carbocycles. The molecule has 0 unspecified atom stereocenters. The van der Waals surface area contributed by atoms with Gasteiger partial charge in [0.25, 0.3) is 0 Å². The van der Waals surface area contributed by atoms with Crippen LogP contribution in [0.15, 0.2) is 10.7 Å². The van der Waals surface area contributed by atoms with Crippen LogP contribution in [0, 0.1) is 13.5 Å². The molecule has 0 saturated heterocycles. The molecule has 0 aliphatic heterocycles. The molecule has 0 amide bonds. The Bertz CT molecular complexity index is 141. The largest absolute Gasteiger partial charge is 0.358 e. The van der Waals surface area contributed by atoms with Crippen LogP contribution in [0.2, 0.25) is 0 Å². The van der Waals surface area contributed by atoms with E-state index in [1.807, 2.05) is 13.8 Å². The van der Waals surface area contributed by atoms with Crippen molar-refractivity contribution in [3.05, 3.63) is 19.2 Å². The predicted octanol–water partition coefficient (Wildman–Crippen LogP) is 3.78. The Kier molecular flexibility index (Phi) is 26.1. The minimum absolute atomic E-state index is 0. The second-order valence-electron chi connectivity index (χ2n) is 2.34. The fourth-order valence-electron chi connectivity index (χ4n) is 1.05. The average Bonchev–Trinajstić information content (AvgIpc) is 2.51. The molecule has 1 aliphatic carbocycles. The second kappa shape index (κ2) is 18.7. The first-order valence-electron chi connectivity index (χ1n) is 4.79. The molecular weight excluding hydrogens is 342 g/mol. The molecule has 1 aliphatic rings. The number of rotatable bonds is 1. The van der Waals surface area contributed by atoms with Crippen molar-refractivity contribution >= 4 is 11.6 Å². The van der Waals surface area contributed by atoms with Crippen molar-refractivity contribution in [2.24, 2.45) is 4.99 Å². The molecule has 2 heteroatoms. The summed E-state index contributed by atoms with van der Waals surface area (Å²) in [6.45, 7) is 7.48. The van der Waals surface area contributed by atoms with Gasteiger partial charge in [-0.15, -0.1) is 5.70 Å². The molecule has 0 spiro atoms. The van der Waals surface area contributed by atoms with Crippen LogP contribution in [-0.2, 0) is 19.4 Å². The first kappa shape index (κ1) is 19.5. The molecule has 84 valence electrons. The van der Waals surface area contributed by atoms with Crippen LogP contribution in [0.3, 0.4) is 0 Å². The zero-order valence-electron chi connectivity index (χ0n) is 9.81. The molecule has 0 N–H and O–H groups in total. The van der Waals surface area contributed by atoms with Gasteiger partial charge in [-0.1, -0.05) is 33.1 Å². The summed E-state index contributed by atoms with van der Waals surface area (Å²) in [5, 5.41) is 0. The fourth-order valence-corrected chi connectivity index (χ4v) is 1.05. The van der Waals surface area contributed by atoms with Gasteiger partial charge in [0, 0.05) is 0 Å². The van der Waals surface area contributed by atoms with Crippen LogP contribution in [0.5, 0.6) is 0 Å². The second-order valence-corrected chi connectivity index (χ2v) is 2.34. The van der Waals surface area contributed by atoms with E-state index in [-0.39, 0.29) is 7.43 Å². The SMILES string of the molecule is C=NC1=[C-]CCCCC1.CC.[CH2]=[W].[CH3-]. The number of allylic oxidation sites excluding steroid dienone is 2. The van der Waals surface area contributed by atoms with Gasteiger partial charge in [-0.05, 0) is 13.1 Å². The number of nitrogens with zero attached hydrogens (tertiary/aromatic N) is 1. The molecule has 1 nitrogen and oxygen atoms in total. The van der Waals surface area contributed by atoms with Crippen LogP contribution in [-0.4, -0.2) is 11.6 Å². The predicted molar refractivity (Wildman–Crippen MR) is 64.3 cm³/mol. The standard InChI is InChI=1S/C8H12N.C2H6.CH3.CH2.W/c1-9-8-6-4-2-3-5-7-8;1-2;;;/h1-6H2;1-2H3;1H3;1H2;/q-1;;-1;;. The first-order chi connectivity index (χ1) is 6.43. The Morgan fingerprint density at radius 2 is 1.79 bits per heavy atom. The third kappa shape index (κ3) is 12.0. The molecule has 0 atom stereocenters. The van der Waals surface area contributed by atoms with Gasteiger partial charge in [0.15, 0.2) is 0 Å². The molecule has 0 aromatic rings. The van der Waals surface area contributed by atoms with E-state index in [4.69, 9.17) is 0 Å². The van der Waals surface area contributed by atoms with Crippen LogP contribution in [0.25, 0.3) is 0 Å². The number of hydrogen-bond donors (Lipinski definition) is 0. The summed E-state index contributed by atoms with van der Waals surface area (Å²) >= 11 is 1.33. The fraction of sp³-hybridized carbons (Fsp3) is 0.583. The maximum atomic E-state index is 3.86. The summed E-state index contributed by atoms with van der Waals surface area (Å²) in [6.07, 6.45) is 9.25. The Balaban J connectivity index is -0.000000216. The van der Waals surface area contributed by atoms with Gasteiger partial charge in [-0.3, -0.25) is 0 Å². The molecule has 0 fully saturated rings. The summed E-state index contributed by atoms with van der Waals surface area (Å²) in [4.78, 5) is 7.20. The summed E-state index contributed by atoms with van der Waals surface area (Å²) in [5.74, 6) is 0. The van der Waals surface area contributed by atoms with E-state index in [1.54, 1.807) is 0 Å². The van der Waals surface area contributed by atoms with Gasteiger partial charge in [0.1, 0.15) is 0 Å². The van der Waals surface area contributed by atoms with Gasteiger partial charge in [0.2, 0.25) is 0 Å². The molecule has 0 aromatic heterocycles. The van der Waals surface area contributed by atoms with E-state index in [9.17, 15) is 0 Å². The summed E-state index contributed by atoms with van der Waals surface area (Å²) in [7, 11) is 0. The van der Waals surface area contributed by atoms with Gasteiger partial charge >= 0.3 is 24.3 Å². The third-order valence-corrected chi connectivity index (χ3v) is 1.61. The zero-order chi connectivity index (χ0) is 10.5. The molecule has 0 bridgehead atoms. The van der Waals surface area contributed by atoms with Gasteiger partial charge in [-0.25, -0.2) is 0 Å². The van der Waals surface area contributed by atoms with Crippen LogP contribution >= 0.6 is 0 Å². The van der Waals surface area contributed by atoms with Crippen LogP contribution < -0.4 is 0 Å². The molecular formula is C12H23NW-2. The first-order valence-corrected chi connectivity index (χ1v) is 6.86. The Hall–Kier alpha value is -0.0317. The van der Waals surface area contributed by atoms with E-state index < -0.39 is 0 Å². The van der Waals surface area contributed by atoms with Crippen molar-refractivity contribution < 1.29 is 19.4 Å². The van der Waals surface area contributed by atoms with E-state index >= 15 is 0 Å². The van der Waals surface area contributed by atoms with Gasteiger partial charge in [-0.2, -0.15) is 6.42 Å². The summed E-state index contributed by atoms with van der Waals surface area (Å²) < 4.78 is 0. The minimum Gasteiger partial charge on any atom is -0.358 e. The van der Waals surface area contributed by atoms with E-state index in [1.165, 1.54) is 38.6 Å². The van der Waals surface area contributed by atoms with E-state index in [0.717, 1.165) is 18.5 Å². The van der Waals surface area contributed by atoms with Gasteiger partial charge < -0.3 is 18.5 Å². The molecule has 0 radical (unpaired) electrons. The molecule has 1 rings (SSSR count). The quantitative estimate of drug-likeness (QED) is 0.496. The van der Waals surface area contributed by atoms with Crippen molar-refractivity contribution in [2.75, 3.05) is 0 Å². The van der Waals surface area contributed by atoms with Crippen molar-refractivity contribution in [2.45, 2.75) is 46.0 Å². The Morgan fingerprint density at radius 3 is 2.29 bits per heavy atom. The van der Waals surface area contributed by atoms with Crippen molar-refractivity contribution in [1.29, 1.82) is 0 Å². The van der Waals surface area contributed by atoms with Crippen molar-refractivity contribution in [1.82, 2.24) is 0 Å². The van der Waals surface area contributed by atoms with Gasteiger partial charge in [0.05, 0.1) is 0 Å². The summed E-state index contributed by atoms with van der Waals surface area (Å²) in [5.41, 5.74) is 1.08. The molecule has 0 heterocycles. The number of aliphatic imine (C=N–C) groups is 1. The van der Waals surface area contributed by atoms with Crippen LogP contribution in [0.1, 0.15) is 46.0 Å². The average molecular weight is 365 g/mol. The van der Waals surface area contributed by atoms with E-state index in [0.29, 0.717) is 0 Å².